The maximum Gasteiger partial charge on any atom is 0.376 e. The summed E-state index contributed by atoms with van der Waals surface area (Å²) in [6.45, 7) is 0. The number of benzene rings is 4. The van der Waals surface area contributed by atoms with E-state index in [9.17, 15) is 93.2 Å². The lowest BCUT2D eigenvalue weighted by Gasteiger charge is -2.46. The first-order valence-electron chi connectivity index (χ1n) is 16.5. The van der Waals surface area contributed by atoms with Crippen LogP contribution in [0.15, 0.2) is 54.3 Å². The maximum absolute atomic E-state index is 17.1. The van der Waals surface area contributed by atoms with E-state index in [1.54, 1.807) is 0 Å². The van der Waals surface area contributed by atoms with E-state index in [1.807, 2.05) is 0 Å². The van der Waals surface area contributed by atoms with Gasteiger partial charge in [-0.25, -0.2) is 51.1 Å². The van der Waals surface area contributed by atoms with Crippen molar-refractivity contribution in [3.8, 4) is 11.5 Å². The monoisotopic (exact) mass is 1210 g/mol. The molecule has 0 fully saturated rings. The van der Waals surface area contributed by atoms with Crippen molar-refractivity contribution in [1.29, 1.82) is 0 Å². The number of halogens is 10. The first-order valence-corrected chi connectivity index (χ1v) is 19.7. The number of alkyl halides is 2. The third-order valence-electron chi connectivity index (χ3n) is 9.26. The first-order chi connectivity index (χ1) is 30.8. The van der Waals surface area contributed by atoms with Crippen LogP contribution in [0.5, 0.6) is 11.5 Å². The zero-order valence-corrected chi connectivity index (χ0v) is 37.6. The Morgan fingerprint density at radius 2 is 0.940 bits per heavy atom. The lowest BCUT2D eigenvalue weighted by molar-refractivity contribution is -0.204. The second kappa shape index (κ2) is 18.8. The lowest BCUT2D eigenvalue weighted by Crippen LogP contribution is -2.70. The number of rotatable bonds is 16. The molecule has 0 heterocycles. The molecule has 1 unspecified atom stereocenters. The van der Waals surface area contributed by atoms with Crippen molar-refractivity contribution in [2.75, 3.05) is 0 Å². The van der Waals surface area contributed by atoms with Gasteiger partial charge in [0.15, 0.2) is 17.3 Å². The van der Waals surface area contributed by atoms with Crippen molar-refractivity contribution < 1.29 is 125 Å². The van der Waals surface area contributed by atoms with Crippen LogP contribution in [0, 0.1) is 28.7 Å². The predicted octanol–water partition coefficient (Wildman–Crippen LogP) is 6.77. The third-order valence-corrected chi connectivity index (χ3v) is 11.9. The first kappa shape index (κ1) is 52.7. The second-order valence-electron chi connectivity index (χ2n) is 12.8. The van der Waals surface area contributed by atoms with E-state index < -0.39 is 174 Å². The van der Waals surface area contributed by atoms with E-state index in [1.165, 1.54) is 0 Å². The Kier molecular flexibility index (Phi) is 14.8. The Bertz CT molecular complexity index is 2890. The summed E-state index contributed by atoms with van der Waals surface area (Å²) in [7, 11) is 0. The van der Waals surface area contributed by atoms with Crippen molar-refractivity contribution in [3.63, 3.8) is 0 Å². The molecule has 4 aromatic rings. The number of ether oxygens (including phenoxy) is 2. The molecule has 8 N–H and O–H groups in total. The van der Waals surface area contributed by atoms with E-state index in [0.29, 0.717) is 18.2 Å². The molecular formula is C37H14Br4F6O20. The molecule has 0 aromatic heterocycles. The van der Waals surface area contributed by atoms with Crippen molar-refractivity contribution in [3.05, 3.63) is 122 Å². The molecule has 1 atom stereocenters. The predicted molar refractivity (Wildman–Crippen MR) is 213 cm³/mol. The lowest BCUT2D eigenvalue weighted by atomic mass is 9.52. The number of aromatic carboxylic acids is 4. The van der Waals surface area contributed by atoms with Crippen molar-refractivity contribution in [2.45, 2.75) is 11.3 Å². The van der Waals surface area contributed by atoms with Crippen molar-refractivity contribution in [1.82, 2.24) is 0 Å². The number of carboxylic acid groups (broad SMARTS) is 8. The summed E-state index contributed by atoms with van der Waals surface area (Å²) in [5.74, 6) is -45.8. The molecule has 0 bridgehead atoms. The molecule has 4 aromatic carbocycles. The topological polar surface area (TPSA) is 351 Å². The highest BCUT2D eigenvalue weighted by Gasteiger charge is 2.82. The molecule has 0 saturated carbocycles. The van der Waals surface area contributed by atoms with Crippen molar-refractivity contribution in [2.24, 2.45) is 5.41 Å². The van der Waals surface area contributed by atoms with Crippen LogP contribution in [-0.4, -0.2) is 106 Å². The Morgan fingerprint density at radius 1 is 0.493 bits per heavy atom. The van der Waals surface area contributed by atoms with Gasteiger partial charge in [-0.2, -0.15) is 8.78 Å². The standard InChI is InChI=1S/C37H14Br4F6O20/c38-12-4-8(5-13(39)23(12)66-29(56)7-1-2-9(25(48)49)10(3-7)26(50)51)36(37(46,47)34(64)65,35(31(58)59,32(60)61)33(62)63)17-21(44)18(40)24(19(41)22(17)45)67-30(57)11-6-14(42)15(27(52)53)16(20(11)43)28(54)55/h1-6H,(H,48,49)(H,50,51)(H,52,53)(H,54,55)(H,58,59)(H,60,61)(H,62,63)(H,64,65). The zero-order chi connectivity index (χ0) is 51.3. The van der Waals surface area contributed by atoms with Gasteiger partial charge in [-0.1, -0.05) is 0 Å². The maximum atomic E-state index is 17.1. The van der Waals surface area contributed by atoms with Crippen LogP contribution in [-0.2, 0) is 24.6 Å². The fraction of sp³-hybridized carbons (Fsp3) is 0.0811. The van der Waals surface area contributed by atoms with E-state index in [0.717, 1.165) is 0 Å². The molecule has 0 amide bonds. The summed E-state index contributed by atoms with van der Waals surface area (Å²) in [6.07, 6.45) is 0. The minimum atomic E-state index is -6.42. The number of hydrogen-bond acceptors (Lipinski definition) is 12. The van der Waals surface area contributed by atoms with Gasteiger partial charge in [0.1, 0.15) is 34.0 Å². The number of carbonyl (C=O) groups excluding carboxylic acids is 2. The van der Waals surface area contributed by atoms with Crippen LogP contribution in [0.25, 0.3) is 0 Å². The third kappa shape index (κ3) is 8.32. The number of esters is 2. The molecule has 0 aliphatic rings. The molecule has 4 rings (SSSR count). The molecule has 0 aliphatic carbocycles. The fourth-order valence-electron chi connectivity index (χ4n) is 6.46. The summed E-state index contributed by atoms with van der Waals surface area (Å²) >= 11 is 9.97. The van der Waals surface area contributed by atoms with Gasteiger partial charge in [0.25, 0.3) is 5.41 Å². The minimum absolute atomic E-state index is 0.00321. The van der Waals surface area contributed by atoms with Gasteiger partial charge in [0.05, 0.1) is 40.1 Å². The smallest absolute Gasteiger partial charge is 0.376 e. The van der Waals surface area contributed by atoms with Crippen LogP contribution in [0.2, 0.25) is 0 Å². The van der Waals surface area contributed by atoms with Gasteiger partial charge in [-0.15, -0.1) is 0 Å². The normalized spacial score (nSPS) is 12.3. The number of carboxylic acids is 8. The highest BCUT2D eigenvalue weighted by atomic mass is 79.9. The van der Waals surface area contributed by atoms with Crippen LogP contribution in [0.4, 0.5) is 26.3 Å². The summed E-state index contributed by atoms with van der Waals surface area (Å²) in [5, 5.41) is 78.3. The SMILES string of the molecule is O=C(Oc1c(Br)cc(C(c2c(F)c(Br)c(OC(=O)c3cc(F)c(C(=O)O)c(C(=O)O)c3F)c(Br)c2F)(C(F)(F)C(=O)O)C(C(=O)O)(C(=O)O)C(=O)O)cc1Br)c1ccc(C(=O)O)c(C(=O)O)c1. The molecule has 0 aliphatic heterocycles. The average molecular weight is 1210 g/mol. The van der Waals surface area contributed by atoms with Crippen LogP contribution in [0.3, 0.4) is 0 Å². The molecule has 67 heavy (non-hydrogen) atoms. The van der Waals surface area contributed by atoms with Crippen LogP contribution in [0.1, 0.15) is 73.3 Å². The Labute approximate surface area is 396 Å². The Hall–Kier alpha value is -6.92. The van der Waals surface area contributed by atoms with Crippen LogP contribution < -0.4 is 9.47 Å². The zero-order valence-electron chi connectivity index (χ0n) is 31.2. The number of hydrogen-bond donors (Lipinski definition) is 8. The van der Waals surface area contributed by atoms with Crippen molar-refractivity contribution >= 4 is 123 Å². The van der Waals surface area contributed by atoms with Gasteiger partial charge >= 0.3 is 65.6 Å². The quantitative estimate of drug-likeness (QED) is 0.0188. The average Bonchev–Trinajstić information content (AvgIpc) is 3.21. The van der Waals surface area contributed by atoms with E-state index >= 15 is 22.0 Å². The molecule has 20 nitrogen and oxygen atoms in total. The minimum Gasteiger partial charge on any atom is -0.480 e. The van der Waals surface area contributed by atoms with Gasteiger partial charge < -0.3 is 50.3 Å². The van der Waals surface area contributed by atoms with Gasteiger partial charge in [0.2, 0.25) is 0 Å². The molecule has 0 radical (unpaired) electrons. The largest absolute Gasteiger partial charge is 0.480 e. The molecule has 352 valence electrons. The number of aliphatic carboxylic acids is 4. The van der Waals surface area contributed by atoms with Gasteiger partial charge in [0, 0.05) is 5.56 Å². The highest BCUT2D eigenvalue weighted by molar-refractivity contribution is 9.11. The second-order valence-corrected chi connectivity index (χ2v) is 16.0. The van der Waals surface area contributed by atoms with E-state index in [4.69, 9.17) is 4.74 Å². The summed E-state index contributed by atoms with van der Waals surface area (Å²) in [5.41, 5.74) is -24.1. The Balaban J connectivity index is 2.18. The highest BCUT2D eigenvalue weighted by Crippen LogP contribution is 2.61. The van der Waals surface area contributed by atoms with Gasteiger partial charge in [-0.05, 0) is 106 Å². The molecule has 0 saturated heterocycles. The van der Waals surface area contributed by atoms with Gasteiger partial charge in [-0.3, -0.25) is 14.4 Å². The summed E-state index contributed by atoms with van der Waals surface area (Å²) in [4.78, 5) is 124. The molecule has 0 spiro atoms. The van der Waals surface area contributed by atoms with Crippen LogP contribution >= 0.6 is 63.7 Å². The summed E-state index contributed by atoms with van der Waals surface area (Å²) < 4.78 is 102. The molecule has 30 heteroatoms. The van der Waals surface area contributed by atoms with E-state index in [-0.39, 0.29) is 18.2 Å². The summed E-state index contributed by atoms with van der Waals surface area (Å²) in [6, 6.07) is 1.57. The Morgan fingerprint density at radius 3 is 1.34 bits per heavy atom. The van der Waals surface area contributed by atoms with E-state index in [2.05, 4.69) is 68.5 Å². The molecular weight excluding hydrogens is 1200 g/mol. The number of carbonyl (C=O) groups is 10. The fourth-order valence-corrected chi connectivity index (χ4v) is 9.03.